The highest BCUT2D eigenvalue weighted by Crippen LogP contribution is 2.28. The zero-order valence-electron chi connectivity index (χ0n) is 15.6. The van der Waals surface area contributed by atoms with Crippen LogP contribution in [0.5, 0.6) is 0 Å². The van der Waals surface area contributed by atoms with E-state index in [-0.39, 0.29) is 17.9 Å². The molecule has 10 nitrogen and oxygen atoms in total. The van der Waals surface area contributed by atoms with Crippen molar-refractivity contribution in [3.63, 3.8) is 0 Å². The summed E-state index contributed by atoms with van der Waals surface area (Å²) in [6, 6.07) is 13.4. The second-order valence-corrected chi connectivity index (χ2v) is 6.90. The summed E-state index contributed by atoms with van der Waals surface area (Å²) in [7, 11) is 0. The van der Waals surface area contributed by atoms with Crippen molar-refractivity contribution in [1.29, 1.82) is 0 Å². The van der Waals surface area contributed by atoms with Crippen molar-refractivity contribution in [2.45, 2.75) is 43.2 Å². The number of carbonyl (C=O) groups excluding carboxylic acids is 1. The lowest BCUT2D eigenvalue weighted by atomic mass is 9.84. The molecule has 1 aliphatic rings. The summed E-state index contributed by atoms with van der Waals surface area (Å²) in [6.07, 6.45) is -9.68. The maximum Gasteiger partial charge on any atom is 0.338 e. The summed E-state index contributed by atoms with van der Waals surface area (Å²) >= 11 is 0. The predicted molar refractivity (Wildman–Crippen MR) is 101 cm³/mol. The van der Waals surface area contributed by atoms with E-state index in [1.807, 2.05) is 6.07 Å². The molecule has 0 radical (unpaired) electrons. The number of esters is 1. The van der Waals surface area contributed by atoms with E-state index in [1.165, 1.54) is 0 Å². The number of carbonyl (C=O) groups is 1. The average molecular weight is 419 g/mol. The van der Waals surface area contributed by atoms with Gasteiger partial charge >= 0.3 is 5.97 Å². The van der Waals surface area contributed by atoms with E-state index in [1.54, 1.807) is 24.3 Å². The molecule has 0 saturated heterocycles. The first-order chi connectivity index (χ1) is 14.3. The van der Waals surface area contributed by atoms with Crippen LogP contribution < -0.4 is 0 Å². The molecule has 1 saturated carbocycles. The minimum atomic E-state index is -1.77. The average Bonchev–Trinajstić information content (AvgIpc) is 2.76. The Morgan fingerprint density at radius 2 is 1.47 bits per heavy atom. The van der Waals surface area contributed by atoms with Gasteiger partial charge < -0.3 is 29.9 Å². The Balaban J connectivity index is 1.72. The van der Waals surface area contributed by atoms with Gasteiger partial charge in [0.05, 0.1) is 17.1 Å². The first-order valence-electron chi connectivity index (χ1n) is 9.13. The van der Waals surface area contributed by atoms with Gasteiger partial charge in [-0.2, -0.15) is 0 Å². The molecule has 6 atom stereocenters. The molecule has 30 heavy (non-hydrogen) atoms. The maximum absolute atomic E-state index is 12.4. The summed E-state index contributed by atoms with van der Waals surface area (Å²) in [5.74, 6) is -0.974. The Bertz CT molecular complexity index is 874. The van der Waals surface area contributed by atoms with Crippen molar-refractivity contribution in [3.8, 4) is 0 Å². The van der Waals surface area contributed by atoms with Crippen molar-refractivity contribution in [1.82, 2.24) is 0 Å². The van der Waals surface area contributed by atoms with E-state index in [0.717, 1.165) is 29.8 Å². The van der Waals surface area contributed by atoms with E-state index in [9.17, 15) is 35.3 Å². The fourth-order valence-corrected chi connectivity index (χ4v) is 3.20. The van der Waals surface area contributed by atoms with Crippen LogP contribution in [0.15, 0.2) is 54.6 Å². The van der Waals surface area contributed by atoms with Crippen molar-refractivity contribution < 1.29 is 39.6 Å². The molecule has 160 valence electrons. The summed E-state index contributed by atoms with van der Waals surface area (Å²) < 4.78 is 10.7. The van der Waals surface area contributed by atoms with Gasteiger partial charge in [0.2, 0.25) is 0 Å². The monoisotopic (exact) mass is 419 g/mol. The van der Waals surface area contributed by atoms with Crippen LogP contribution in [0, 0.1) is 10.1 Å². The quantitative estimate of drug-likeness (QED) is 0.291. The van der Waals surface area contributed by atoms with Crippen LogP contribution in [0.25, 0.3) is 0 Å². The standard InChI is InChI=1S/C20H21NO9/c22-14-15(23)18(29-10-11-4-2-1-3-5-11)17(25)19(16(14)24)30-20(26)12-6-8-13(9-7-12)21(27)28/h1-9,14-19,22-25H,10H2/t14-,15-,16+,17-,18+,19+/m1/s1. The van der Waals surface area contributed by atoms with E-state index >= 15 is 0 Å². The number of benzene rings is 2. The molecule has 0 amide bonds. The van der Waals surface area contributed by atoms with Crippen molar-refractivity contribution >= 4 is 11.7 Å². The number of nitro groups is 1. The summed E-state index contributed by atoms with van der Waals surface area (Å²) in [5.41, 5.74) is 0.469. The van der Waals surface area contributed by atoms with Crippen LogP contribution in [0.4, 0.5) is 5.69 Å². The Morgan fingerprint density at radius 3 is 2.07 bits per heavy atom. The van der Waals surface area contributed by atoms with Crippen LogP contribution in [0.2, 0.25) is 0 Å². The molecule has 0 spiro atoms. The lowest BCUT2D eigenvalue weighted by molar-refractivity contribution is -0.384. The normalized spacial score (nSPS) is 28.7. The Morgan fingerprint density at radius 1 is 0.867 bits per heavy atom. The number of rotatable bonds is 6. The Labute approximate surface area is 171 Å². The van der Waals surface area contributed by atoms with Gasteiger partial charge in [-0.3, -0.25) is 10.1 Å². The van der Waals surface area contributed by atoms with Gasteiger partial charge in [0.25, 0.3) is 5.69 Å². The van der Waals surface area contributed by atoms with Crippen molar-refractivity contribution in [3.05, 3.63) is 75.8 Å². The lowest BCUT2D eigenvalue weighted by Gasteiger charge is -2.43. The largest absolute Gasteiger partial charge is 0.453 e. The molecule has 4 N–H and O–H groups in total. The highest BCUT2D eigenvalue weighted by Gasteiger charge is 2.51. The first-order valence-corrected chi connectivity index (χ1v) is 9.13. The minimum Gasteiger partial charge on any atom is -0.453 e. The number of non-ortho nitro benzene ring substituents is 1. The summed E-state index contributed by atoms with van der Waals surface area (Å²) in [4.78, 5) is 22.4. The SMILES string of the molecule is O=C(O[C@@H]1[C@H](O)[C@@H](OCc2ccccc2)[C@H](O)[C@@H](O)[C@@H]1O)c1ccc([N+](=O)[O-])cc1. The molecule has 0 heterocycles. The van der Waals surface area contributed by atoms with Crippen LogP contribution in [0.3, 0.4) is 0 Å². The second-order valence-electron chi connectivity index (χ2n) is 6.90. The van der Waals surface area contributed by atoms with Crippen molar-refractivity contribution in [2.75, 3.05) is 0 Å². The van der Waals surface area contributed by atoms with Gasteiger partial charge in [-0.15, -0.1) is 0 Å². The fourth-order valence-electron chi connectivity index (χ4n) is 3.20. The van der Waals surface area contributed by atoms with E-state index in [4.69, 9.17) is 9.47 Å². The third-order valence-electron chi connectivity index (χ3n) is 4.89. The van der Waals surface area contributed by atoms with Gasteiger partial charge in [-0.05, 0) is 17.7 Å². The Kier molecular flexibility index (Phi) is 6.75. The molecular formula is C20H21NO9. The molecule has 0 unspecified atom stereocenters. The van der Waals surface area contributed by atoms with Crippen LogP contribution >= 0.6 is 0 Å². The van der Waals surface area contributed by atoms with E-state index < -0.39 is 47.5 Å². The summed E-state index contributed by atoms with van der Waals surface area (Å²) in [6.45, 7) is 0.00542. The third-order valence-corrected chi connectivity index (χ3v) is 4.89. The second kappa shape index (κ2) is 9.28. The topological polar surface area (TPSA) is 160 Å². The van der Waals surface area contributed by atoms with Gasteiger partial charge in [0.15, 0.2) is 6.10 Å². The number of nitro benzene ring substituents is 1. The zero-order chi connectivity index (χ0) is 21.8. The zero-order valence-corrected chi connectivity index (χ0v) is 15.6. The smallest absolute Gasteiger partial charge is 0.338 e. The molecule has 2 aromatic carbocycles. The third kappa shape index (κ3) is 4.64. The van der Waals surface area contributed by atoms with Gasteiger partial charge in [0.1, 0.15) is 30.5 Å². The van der Waals surface area contributed by atoms with Crippen LogP contribution in [0.1, 0.15) is 15.9 Å². The molecule has 0 aromatic heterocycles. The predicted octanol–water partition coefficient (Wildman–Crippen LogP) is 0.163. The highest BCUT2D eigenvalue weighted by molar-refractivity contribution is 5.89. The van der Waals surface area contributed by atoms with Crippen LogP contribution in [-0.2, 0) is 16.1 Å². The number of ether oxygens (including phenoxy) is 2. The summed E-state index contributed by atoms with van der Waals surface area (Å²) in [5, 5.41) is 51.8. The highest BCUT2D eigenvalue weighted by atomic mass is 16.6. The number of hydrogen-bond acceptors (Lipinski definition) is 9. The first kappa shape index (κ1) is 21.8. The molecule has 1 aliphatic carbocycles. The minimum absolute atomic E-state index is 0.00542. The van der Waals surface area contributed by atoms with Crippen molar-refractivity contribution in [2.24, 2.45) is 0 Å². The molecule has 10 heteroatoms. The van der Waals surface area contributed by atoms with E-state index in [0.29, 0.717) is 0 Å². The number of aliphatic hydroxyl groups excluding tert-OH is 4. The lowest BCUT2D eigenvalue weighted by Crippen LogP contribution is -2.65. The number of hydrogen-bond donors (Lipinski definition) is 4. The number of nitrogens with zero attached hydrogens (tertiary/aromatic N) is 1. The molecule has 2 aromatic rings. The molecule has 0 aliphatic heterocycles. The molecule has 0 bridgehead atoms. The molecule has 3 rings (SSSR count). The maximum atomic E-state index is 12.4. The number of aliphatic hydroxyl groups is 4. The Hall–Kier alpha value is -2.89. The molecular weight excluding hydrogens is 398 g/mol. The van der Waals surface area contributed by atoms with Gasteiger partial charge in [-0.25, -0.2) is 4.79 Å². The fraction of sp³-hybridized carbons (Fsp3) is 0.350. The van der Waals surface area contributed by atoms with Gasteiger partial charge in [0, 0.05) is 12.1 Å². The van der Waals surface area contributed by atoms with Gasteiger partial charge in [-0.1, -0.05) is 30.3 Å². The van der Waals surface area contributed by atoms with E-state index in [2.05, 4.69) is 0 Å². The molecule has 1 fully saturated rings. The van der Waals surface area contributed by atoms with Crippen LogP contribution in [-0.4, -0.2) is 67.9 Å².